The second kappa shape index (κ2) is 6.12. The fourth-order valence-electron chi connectivity index (χ4n) is 1.44. The zero-order valence-electron chi connectivity index (χ0n) is 10.1. The van der Waals surface area contributed by atoms with Crippen LogP contribution in [0.4, 0.5) is 0 Å². The largest absolute Gasteiger partial charge is 0.347 e. The van der Waals surface area contributed by atoms with Crippen LogP contribution in [-0.4, -0.2) is 10.9 Å². The normalized spacial score (nSPS) is 10.7. The number of aryl methyl sites for hydroxylation is 1. The minimum Gasteiger partial charge on any atom is -0.347 e. The van der Waals surface area contributed by atoms with Crippen molar-refractivity contribution < 1.29 is 4.79 Å². The van der Waals surface area contributed by atoms with E-state index in [0.29, 0.717) is 6.54 Å². The predicted molar refractivity (Wildman–Crippen MR) is 74.2 cm³/mol. The first kappa shape index (κ1) is 12.5. The molecule has 2 aromatic heterocycles. The Morgan fingerprint density at radius 2 is 2.28 bits per heavy atom. The van der Waals surface area contributed by atoms with E-state index in [1.54, 1.807) is 23.6 Å². The van der Waals surface area contributed by atoms with Gasteiger partial charge in [0.05, 0.1) is 12.2 Å². The number of carbonyl (C=O) groups excluding carboxylic acids is 1. The van der Waals surface area contributed by atoms with Gasteiger partial charge in [-0.1, -0.05) is 6.07 Å². The summed E-state index contributed by atoms with van der Waals surface area (Å²) in [6.45, 7) is 2.50. The maximum Gasteiger partial charge on any atom is 0.244 e. The van der Waals surface area contributed by atoms with Gasteiger partial charge in [0.2, 0.25) is 5.91 Å². The van der Waals surface area contributed by atoms with Crippen LogP contribution in [0.3, 0.4) is 0 Å². The molecule has 0 unspecified atom stereocenters. The zero-order valence-corrected chi connectivity index (χ0v) is 10.9. The Morgan fingerprint density at radius 3 is 2.94 bits per heavy atom. The lowest BCUT2D eigenvalue weighted by Gasteiger charge is -2.00. The maximum absolute atomic E-state index is 11.6. The van der Waals surface area contributed by atoms with Crippen molar-refractivity contribution in [1.82, 2.24) is 10.3 Å². The van der Waals surface area contributed by atoms with Gasteiger partial charge >= 0.3 is 0 Å². The summed E-state index contributed by atoms with van der Waals surface area (Å²) < 4.78 is 0. The van der Waals surface area contributed by atoms with Crippen LogP contribution in [0.1, 0.15) is 15.4 Å². The lowest BCUT2D eigenvalue weighted by molar-refractivity contribution is -0.116. The molecule has 0 fully saturated rings. The van der Waals surface area contributed by atoms with E-state index in [-0.39, 0.29) is 5.91 Å². The molecular formula is C14H14N2OS. The Bertz CT molecular complexity index is 546. The number of hydrogen-bond acceptors (Lipinski definition) is 3. The third-order valence-corrected chi connectivity index (χ3v) is 3.30. The van der Waals surface area contributed by atoms with Crippen LogP contribution in [-0.2, 0) is 11.3 Å². The smallest absolute Gasteiger partial charge is 0.244 e. The number of nitrogens with one attached hydrogen (secondary N) is 1. The molecule has 0 aliphatic rings. The fourth-order valence-corrected chi connectivity index (χ4v) is 2.22. The molecular weight excluding hydrogens is 244 g/mol. The summed E-state index contributed by atoms with van der Waals surface area (Å²) in [5.41, 5.74) is 0.853. The summed E-state index contributed by atoms with van der Waals surface area (Å²) >= 11 is 1.67. The molecule has 0 saturated heterocycles. The number of carbonyl (C=O) groups is 1. The van der Waals surface area contributed by atoms with Crippen LogP contribution < -0.4 is 5.32 Å². The standard InChI is InChI=1S/C14H14N2OS/c1-11-5-6-13(18-11)7-8-14(17)16-10-12-4-2-3-9-15-12/h2-9H,10H2,1H3,(H,16,17). The SMILES string of the molecule is Cc1ccc(C=CC(=O)NCc2ccccn2)s1. The van der Waals surface area contributed by atoms with Gasteiger partial charge in [0.25, 0.3) is 0 Å². The van der Waals surface area contributed by atoms with Crippen molar-refractivity contribution in [3.8, 4) is 0 Å². The average molecular weight is 258 g/mol. The first-order chi connectivity index (χ1) is 8.74. The van der Waals surface area contributed by atoms with Gasteiger partial charge in [0.1, 0.15) is 0 Å². The van der Waals surface area contributed by atoms with Gasteiger partial charge in [-0.3, -0.25) is 9.78 Å². The molecule has 0 spiro atoms. The van der Waals surface area contributed by atoms with E-state index in [1.807, 2.05) is 43.3 Å². The molecule has 0 bridgehead atoms. The minimum atomic E-state index is -0.105. The van der Waals surface area contributed by atoms with Crippen molar-refractivity contribution in [2.45, 2.75) is 13.5 Å². The first-order valence-electron chi connectivity index (χ1n) is 5.66. The van der Waals surface area contributed by atoms with Crippen LogP contribution in [0.25, 0.3) is 6.08 Å². The van der Waals surface area contributed by atoms with E-state index in [1.165, 1.54) is 4.88 Å². The van der Waals surface area contributed by atoms with E-state index in [0.717, 1.165) is 10.6 Å². The van der Waals surface area contributed by atoms with Crippen molar-refractivity contribution in [2.24, 2.45) is 0 Å². The molecule has 2 rings (SSSR count). The number of hydrogen-bond donors (Lipinski definition) is 1. The highest BCUT2D eigenvalue weighted by Crippen LogP contribution is 2.16. The van der Waals surface area contributed by atoms with Crippen LogP contribution in [0.5, 0.6) is 0 Å². The maximum atomic E-state index is 11.6. The van der Waals surface area contributed by atoms with Crippen LogP contribution in [0.15, 0.2) is 42.6 Å². The highest BCUT2D eigenvalue weighted by molar-refractivity contribution is 7.12. The van der Waals surface area contributed by atoms with Crippen molar-refractivity contribution in [1.29, 1.82) is 0 Å². The molecule has 2 aromatic rings. The highest BCUT2D eigenvalue weighted by atomic mass is 32.1. The van der Waals surface area contributed by atoms with Crippen molar-refractivity contribution in [2.75, 3.05) is 0 Å². The van der Waals surface area contributed by atoms with Gasteiger partial charge in [-0.15, -0.1) is 11.3 Å². The average Bonchev–Trinajstić information content (AvgIpc) is 2.81. The Labute approximate surface area is 110 Å². The Kier molecular flexibility index (Phi) is 4.25. The monoisotopic (exact) mass is 258 g/mol. The second-order valence-corrected chi connectivity index (χ2v) is 5.14. The predicted octanol–water partition coefficient (Wildman–Crippen LogP) is 2.78. The molecule has 1 N–H and O–H groups in total. The van der Waals surface area contributed by atoms with E-state index < -0.39 is 0 Å². The van der Waals surface area contributed by atoms with Crippen molar-refractivity contribution in [3.63, 3.8) is 0 Å². The minimum absolute atomic E-state index is 0.105. The summed E-state index contributed by atoms with van der Waals surface area (Å²) in [5, 5.41) is 2.79. The molecule has 0 aromatic carbocycles. The molecule has 92 valence electrons. The van der Waals surface area contributed by atoms with Gasteiger partial charge in [0, 0.05) is 22.0 Å². The second-order valence-electron chi connectivity index (χ2n) is 3.82. The van der Waals surface area contributed by atoms with Gasteiger partial charge in [0.15, 0.2) is 0 Å². The number of nitrogens with zero attached hydrogens (tertiary/aromatic N) is 1. The molecule has 0 radical (unpaired) electrons. The molecule has 18 heavy (non-hydrogen) atoms. The molecule has 3 nitrogen and oxygen atoms in total. The third kappa shape index (κ3) is 3.82. The van der Waals surface area contributed by atoms with Gasteiger partial charge in [-0.2, -0.15) is 0 Å². The lowest BCUT2D eigenvalue weighted by Crippen LogP contribution is -2.20. The van der Waals surface area contributed by atoms with E-state index >= 15 is 0 Å². The molecule has 1 amide bonds. The number of thiophene rings is 1. The number of pyridine rings is 1. The third-order valence-electron chi connectivity index (χ3n) is 2.33. The molecule has 0 saturated carbocycles. The molecule has 0 aliphatic heterocycles. The zero-order chi connectivity index (χ0) is 12.8. The summed E-state index contributed by atoms with van der Waals surface area (Å²) in [6, 6.07) is 9.67. The van der Waals surface area contributed by atoms with Crippen LogP contribution in [0.2, 0.25) is 0 Å². The van der Waals surface area contributed by atoms with Crippen molar-refractivity contribution >= 4 is 23.3 Å². The summed E-state index contributed by atoms with van der Waals surface area (Å²) in [6.07, 6.45) is 5.09. The van der Waals surface area contributed by atoms with Crippen LogP contribution >= 0.6 is 11.3 Å². The highest BCUT2D eigenvalue weighted by Gasteiger charge is 1.97. The van der Waals surface area contributed by atoms with E-state index in [2.05, 4.69) is 10.3 Å². The van der Waals surface area contributed by atoms with Crippen molar-refractivity contribution in [3.05, 3.63) is 58.1 Å². The fraction of sp³-hybridized carbons (Fsp3) is 0.143. The van der Waals surface area contributed by atoms with E-state index in [4.69, 9.17) is 0 Å². The quantitative estimate of drug-likeness (QED) is 0.857. The number of amides is 1. The van der Waals surface area contributed by atoms with Gasteiger partial charge in [-0.25, -0.2) is 0 Å². The van der Waals surface area contributed by atoms with Gasteiger partial charge in [-0.05, 0) is 37.3 Å². The number of aromatic nitrogens is 1. The molecule has 0 atom stereocenters. The topological polar surface area (TPSA) is 42.0 Å². The first-order valence-corrected chi connectivity index (χ1v) is 6.48. The summed E-state index contributed by atoms with van der Waals surface area (Å²) in [5.74, 6) is -0.105. The van der Waals surface area contributed by atoms with E-state index in [9.17, 15) is 4.79 Å². The summed E-state index contributed by atoms with van der Waals surface area (Å²) in [4.78, 5) is 18.0. The molecule has 2 heterocycles. The molecule has 0 aliphatic carbocycles. The summed E-state index contributed by atoms with van der Waals surface area (Å²) in [7, 11) is 0. The molecule has 4 heteroatoms. The lowest BCUT2D eigenvalue weighted by atomic mass is 10.3. The Balaban J connectivity index is 1.84. The van der Waals surface area contributed by atoms with Gasteiger partial charge < -0.3 is 5.32 Å². The number of rotatable bonds is 4. The Hall–Kier alpha value is -1.94. The Morgan fingerprint density at radius 1 is 1.39 bits per heavy atom. The van der Waals surface area contributed by atoms with Crippen LogP contribution in [0, 0.1) is 6.92 Å².